The van der Waals surface area contributed by atoms with Crippen molar-refractivity contribution in [3.8, 4) is 56.7 Å². The van der Waals surface area contributed by atoms with Crippen LogP contribution < -0.4 is 0 Å². The number of nitrogens with zero attached hydrogens (tertiary/aromatic N) is 5. The molecule has 0 bridgehead atoms. The van der Waals surface area contributed by atoms with Crippen LogP contribution in [0.1, 0.15) is 0 Å². The molecule has 10 aromatic rings. The molecule has 0 aliphatic carbocycles. The van der Waals surface area contributed by atoms with Crippen molar-refractivity contribution in [3.63, 3.8) is 0 Å². The molecule has 1 aliphatic rings. The van der Waals surface area contributed by atoms with Crippen molar-refractivity contribution in [2.45, 2.75) is 9.79 Å². The molecule has 11 rings (SSSR count). The third-order valence-corrected chi connectivity index (χ3v) is 11.3. The van der Waals surface area contributed by atoms with Crippen LogP contribution in [0.3, 0.4) is 0 Å². The Hall–Kier alpha value is -6.76. The Morgan fingerprint density at radius 3 is 1.70 bits per heavy atom. The minimum Gasteiger partial charge on any atom is -0.295 e. The highest BCUT2D eigenvalue weighted by Crippen LogP contribution is 2.49. The number of benzene rings is 7. The predicted octanol–water partition coefficient (Wildman–Crippen LogP) is 12.0. The summed E-state index contributed by atoms with van der Waals surface area (Å²) in [6.07, 6.45) is 0. The zero-order chi connectivity index (χ0) is 34.9. The number of para-hydroxylation sites is 3. The molecule has 0 saturated heterocycles. The molecular formula is C47H29N5S. The first-order valence-corrected chi connectivity index (χ1v) is 18.5. The van der Waals surface area contributed by atoms with Crippen molar-refractivity contribution >= 4 is 44.6 Å². The van der Waals surface area contributed by atoms with Crippen molar-refractivity contribution in [2.24, 2.45) is 0 Å². The molecule has 0 amide bonds. The van der Waals surface area contributed by atoms with Crippen molar-refractivity contribution in [2.75, 3.05) is 0 Å². The van der Waals surface area contributed by atoms with Gasteiger partial charge in [-0.3, -0.25) is 9.13 Å². The van der Waals surface area contributed by atoms with Crippen LogP contribution in [0.4, 0.5) is 0 Å². The maximum atomic E-state index is 5.01. The maximum absolute atomic E-state index is 5.01. The van der Waals surface area contributed by atoms with Crippen LogP contribution in [0.25, 0.3) is 89.5 Å². The molecule has 6 heteroatoms. The summed E-state index contributed by atoms with van der Waals surface area (Å²) in [7, 11) is 0. The molecule has 0 fully saturated rings. The van der Waals surface area contributed by atoms with Gasteiger partial charge in [-0.05, 0) is 53.6 Å². The first-order valence-electron chi connectivity index (χ1n) is 17.7. The van der Waals surface area contributed by atoms with Crippen LogP contribution in [0.15, 0.2) is 186 Å². The molecule has 1 aliphatic heterocycles. The highest BCUT2D eigenvalue weighted by atomic mass is 32.2. The summed E-state index contributed by atoms with van der Waals surface area (Å²) in [5.41, 5.74) is 11.0. The lowest BCUT2D eigenvalue weighted by atomic mass is 10.0. The second-order valence-electron chi connectivity index (χ2n) is 13.3. The molecule has 248 valence electrons. The second kappa shape index (κ2) is 11.9. The van der Waals surface area contributed by atoms with Gasteiger partial charge in [0.25, 0.3) is 0 Å². The average molecular weight is 696 g/mol. The summed E-state index contributed by atoms with van der Waals surface area (Å²) >= 11 is 1.85. The van der Waals surface area contributed by atoms with E-state index in [4.69, 9.17) is 15.0 Å². The van der Waals surface area contributed by atoms with Gasteiger partial charge in [-0.2, -0.15) is 0 Å². The molecule has 3 aromatic heterocycles. The molecule has 0 atom stereocenters. The fourth-order valence-electron chi connectivity index (χ4n) is 7.77. The minimum absolute atomic E-state index is 0.640. The van der Waals surface area contributed by atoms with Gasteiger partial charge in [0, 0.05) is 48.3 Å². The van der Waals surface area contributed by atoms with Gasteiger partial charge < -0.3 is 0 Å². The Morgan fingerprint density at radius 2 is 0.962 bits per heavy atom. The molecule has 0 N–H and O–H groups in total. The van der Waals surface area contributed by atoms with Crippen LogP contribution in [0.2, 0.25) is 0 Å². The van der Waals surface area contributed by atoms with Gasteiger partial charge >= 0.3 is 0 Å². The first-order chi connectivity index (χ1) is 26.3. The van der Waals surface area contributed by atoms with Crippen LogP contribution in [0, 0.1) is 0 Å². The van der Waals surface area contributed by atoms with Crippen molar-refractivity contribution in [1.29, 1.82) is 0 Å². The van der Waals surface area contributed by atoms with Crippen LogP contribution in [-0.4, -0.2) is 24.1 Å². The highest BCUT2D eigenvalue weighted by Gasteiger charge is 2.28. The van der Waals surface area contributed by atoms with Gasteiger partial charge in [-0.25, -0.2) is 15.0 Å². The van der Waals surface area contributed by atoms with E-state index < -0.39 is 0 Å². The molecule has 4 heterocycles. The number of fused-ring (bicyclic) bond motifs is 7. The Morgan fingerprint density at radius 1 is 0.396 bits per heavy atom. The molecule has 7 aromatic carbocycles. The maximum Gasteiger partial charge on any atom is 0.164 e. The molecule has 53 heavy (non-hydrogen) atoms. The van der Waals surface area contributed by atoms with Crippen LogP contribution in [0.5, 0.6) is 0 Å². The van der Waals surface area contributed by atoms with Crippen LogP contribution in [-0.2, 0) is 0 Å². The molecule has 0 spiro atoms. The van der Waals surface area contributed by atoms with E-state index in [-0.39, 0.29) is 0 Å². The highest BCUT2D eigenvalue weighted by molar-refractivity contribution is 7.99. The first kappa shape index (κ1) is 29.9. The second-order valence-corrected chi connectivity index (χ2v) is 14.4. The average Bonchev–Trinajstić information content (AvgIpc) is 3.75. The van der Waals surface area contributed by atoms with Crippen molar-refractivity contribution < 1.29 is 0 Å². The number of hydrogen-bond donors (Lipinski definition) is 0. The SMILES string of the molecule is c1ccc(-c2nc(-c3ccccc3)nc(-c3cccc(-c4ccc5c6c7cccc8c7n(c6n(-c6ccccc6)c5c4)-c4ccccc4S8)c3)n2)cc1. The Balaban J connectivity index is 1.13. The lowest BCUT2D eigenvalue weighted by Crippen LogP contribution is -2.05. The van der Waals surface area contributed by atoms with E-state index in [1.165, 1.54) is 42.8 Å². The van der Waals surface area contributed by atoms with Gasteiger partial charge in [-0.15, -0.1) is 0 Å². The lowest BCUT2D eigenvalue weighted by molar-refractivity contribution is 1.03. The van der Waals surface area contributed by atoms with E-state index >= 15 is 0 Å². The fraction of sp³-hybridized carbons (Fsp3) is 0. The number of rotatable bonds is 5. The van der Waals surface area contributed by atoms with Crippen molar-refractivity contribution in [3.05, 3.63) is 176 Å². The van der Waals surface area contributed by atoms with E-state index in [9.17, 15) is 0 Å². The van der Waals surface area contributed by atoms with Gasteiger partial charge in [0.2, 0.25) is 0 Å². The molecule has 5 nitrogen and oxygen atoms in total. The fourth-order valence-corrected chi connectivity index (χ4v) is 8.86. The smallest absolute Gasteiger partial charge is 0.164 e. The van der Waals surface area contributed by atoms with Gasteiger partial charge in [0.05, 0.1) is 16.7 Å². The summed E-state index contributed by atoms with van der Waals surface area (Å²) in [6.45, 7) is 0. The lowest BCUT2D eigenvalue weighted by Gasteiger charge is -2.21. The normalized spacial score (nSPS) is 12.1. The third-order valence-electron chi connectivity index (χ3n) is 10.1. The van der Waals surface area contributed by atoms with Gasteiger partial charge in [-0.1, -0.05) is 145 Å². The third kappa shape index (κ3) is 4.76. The summed E-state index contributed by atoms with van der Waals surface area (Å²) in [5, 5.41) is 3.77. The van der Waals surface area contributed by atoms with E-state index in [1.807, 2.05) is 72.4 Å². The van der Waals surface area contributed by atoms with E-state index in [1.54, 1.807) is 0 Å². The Labute approximate surface area is 309 Å². The topological polar surface area (TPSA) is 48.5 Å². The van der Waals surface area contributed by atoms with E-state index in [0.717, 1.165) is 39.0 Å². The predicted molar refractivity (Wildman–Crippen MR) is 217 cm³/mol. The number of hydrogen-bond acceptors (Lipinski definition) is 4. The molecule has 0 unspecified atom stereocenters. The largest absolute Gasteiger partial charge is 0.295 e. The van der Waals surface area contributed by atoms with E-state index in [2.05, 4.69) is 124 Å². The summed E-state index contributed by atoms with van der Waals surface area (Å²) < 4.78 is 4.92. The van der Waals surface area contributed by atoms with Gasteiger partial charge in [0.1, 0.15) is 5.65 Å². The Bertz CT molecular complexity index is 2960. The summed E-state index contributed by atoms with van der Waals surface area (Å²) in [6, 6.07) is 61.9. The summed E-state index contributed by atoms with van der Waals surface area (Å²) in [4.78, 5) is 17.5. The van der Waals surface area contributed by atoms with Crippen molar-refractivity contribution in [1.82, 2.24) is 24.1 Å². The quantitative estimate of drug-likeness (QED) is 0.180. The number of aromatic nitrogens is 5. The molecule has 0 radical (unpaired) electrons. The molecule has 0 saturated carbocycles. The minimum atomic E-state index is 0.640. The van der Waals surface area contributed by atoms with E-state index in [0.29, 0.717) is 17.5 Å². The standard InChI is InChI=1S/C47H29N5S/c1-4-14-30(15-5-1)44-48-45(31-16-6-2-7-17-31)50-46(49-44)34-19-12-18-32(28-34)33-26-27-36-39(29-33)51(35-20-8-3-9-21-35)47-42(36)37-22-13-25-41-43(37)52(47)38-23-10-11-24-40(38)53-41/h1-29H. The zero-order valence-corrected chi connectivity index (χ0v) is 29.2. The monoisotopic (exact) mass is 695 g/mol. The van der Waals surface area contributed by atoms with Gasteiger partial charge in [0.15, 0.2) is 17.5 Å². The summed E-state index contributed by atoms with van der Waals surface area (Å²) in [5.74, 6) is 1.94. The Kier molecular flexibility index (Phi) is 6.72. The zero-order valence-electron chi connectivity index (χ0n) is 28.4. The molecular weight excluding hydrogens is 667 g/mol. The van der Waals surface area contributed by atoms with Crippen LogP contribution >= 0.6 is 11.8 Å².